The van der Waals surface area contributed by atoms with Crippen LogP contribution in [0, 0.1) is 25.6 Å². The maximum Gasteiger partial charge on any atom is 0.123 e. The van der Waals surface area contributed by atoms with Gasteiger partial charge >= 0.3 is 0 Å². The van der Waals surface area contributed by atoms with Gasteiger partial charge in [-0.05, 0) is 57.2 Å². The van der Waals surface area contributed by atoms with Crippen LogP contribution in [0.2, 0.25) is 0 Å². The first-order valence-corrected chi connectivity index (χ1v) is 10.3. The number of benzene rings is 1. The maximum absolute atomic E-state index is 13.2. The van der Waals surface area contributed by atoms with Gasteiger partial charge in [-0.25, -0.2) is 4.39 Å². The molecule has 5 rings (SSSR count). The average molecular weight is 371 g/mol. The molecular weight excluding hydrogens is 339 g/mol. The van der Waals surface area contributed by atoms with Crippen molar-refractivity contribution < 1.29 is 4.39 Å². The molecule has 1 aromatic carbocycles. The Balaban J connectivity index is 1.47. The van der Waals surface area contributed by atoms with Crippen molar-refractivity contribution >= 4 is 0 Å². The number of hydrogen-bond donors (Lipinski definition) is 0. The summed E-state index contributed by atoms with van der Waals surface area (Å²) in [5.41, 5.74) is 5.12. The Labute approximate surface area is 162 Å². The minimum absolute atomic E-state index is 0.153. The molecule has 1 aromatic heterocycles. The van der Waals surface area contributed by atoms with Crippen LogP contribution < -0.4 is 0 Å². The van der Waals surface area contributed by atoms with Gasteiger partial charge in [-0.2, -0.15) is 5.10 Å². The van der Waals surface area contributed by atoms with E-state index in [4.69, 9.17) is 5.10 Å². The molecule has 146 valence electrons. The van der Waals surface area contributed by atoms with Crippen LogP contribution in [0.5, 0.6) is 0 Å². The third-order valence-corrected chi connectivity index (χ3v) is 6.41. The van der Waals surface area contributed by atoms with Gasteiger partial charge in [-0.1, -0.05) is 12.1 Å². The van der Waals surface area contributed by atoms with E-state index in [1.807, 2.05) is 12.1 Å². The molecule has 0 N–H and O–H groups in total. The van der Waals surface area contributed by atoms with Crippen molar-refractivity contribution in [1.29, 1.82) is 0 Å². The lowest BCUT2D eigenvalue weighted by Gasteiger charge is -2.36. The van der Waals surface area contributed by atoms with Crippen LogP contribution in [0.4, 0.5) is 4.39 Å². The molecule has 0 saturated carbocycles. The minimum atomic E-state index is -0.153. The van der Waals surface area contributed by atoms with E-state index in [0.29, 0.717) is 6.04 Å². The average Bonchev–Trinajstić information content (AvgIpc) is 2.82. The molecule has 0 unspecified atom stereocenters. The standard InChI is InChI=1S/C22H31FN4/c1-4-27-17(3)22(16(2)24-27)15-26-13-19-7-10-21(26)14-25(12-19)11-18-5-8-20(23)9-6-18/h5-6,8-9,19,21H,4,7,10-15H2,1-3H3/t19-,21+/m0/s1. The number of nitrogens with zero attached hydrogens (tertiary/aromatic N) is 4. The number of fused-ring (bicyclic) bond motifs is 4. The fourth-order valence-electron chi connectivity index (χ4n) is 4.92. The summed E-state index contributed by atoms with van der Waals surface area (Å²) in [4.78, 5) is 5.26. The van der Waals surface area contributed by atoms with E-state index in [2.05, 4.69) is 35.3 Å². The van der Waals surface area contributed by atoms with E-state index in [9.17, 15) is 4.39 Å². The third-order valence-electron chi connectivity index (χ3n) is 6.41. The van der Waals surface area contributed by atoms with E-state index >= 15 is 0 Å². The highest BCUT2D eigenvalue weighted by atomic mass is 19.1. The number of piperidine rings is 1. The van der Waals surface area contributed by atoms with Gasteiger partial charge in [0.2, 0.25) is 0 Å². The van der Waals surface area contributed by atoms with Crippen molar-refractivity contribution in [3.05, 3.63) is 52.6 Å². The van der Waals surface area contributed by atoms with Crippen molar-refractivity contribution in [3.63, 3.8) is 0 Å². The Kier molecular flexibility index (Phi) is 5.33. The van der Waals surface area contributed by atoms with Crippen LogP contribution in [0.1, 0.15) is 42.3 Å². The highest BCUT2D eigenvalue weighted by Crippen LogP contribution is 2.31. The second-order valence-corrected chi connectivity index (χ2v) is 8.31. The normalized spacial score (nSPS) is 23.7. The number of halogens is 1. The number of hydrogen-bond acceptors (Lipinski definition) is 3. The Hall–Kier alpha value is -1.72. The summed E-state index contributed by atoms with van der Waals surface area (Å²) in [6.07, 6.45) is 2.61. The number of aryl methyl sites for hydroxylation is 2. The van der Waals surface area contributed by atoms with Crippen molar-refractivity contribution in [2.45, 2.75) is 59.3 Å². The van der Waals surface area contributed by atoms with Crippen molar-refractivity contribution in [3.8, 4) is 0 Å². The summed E-state index contributed by atoms with van der Waals surface area (Å²) in [5, 5.41) is 4.71. The molecule has 3 aliphatic heterocycles. The molecule has 4 heterocycles. The van der Waals surface area contributed by atoms with E-state index in [1.54, 1.807) is 12.1 Å². The molecule has 0 radical (unpaired) electrons. The second kappa shape index (κ2) is 7.72. The number of rotatable bonds is 5. The summed E-state index contributed by atoms with van der Waals surface area (Å²) in [6, 6.07) is 7.60. The topological polar surface area (TPSA) is 24.3 Å². The van der Waals surface area contributed by atoms with Gasteiger partial charge in [0.05, 0.1) is 5.69 Å². The van der Waals surface area contributed by atoms with Gasteiger partial charge in [0.1, 0.15) is 5.82 Å². The molecule has 2 aromatic rings. The SMILES string of the molecule is CCn1nc(C)c(CN2C[C@H]3CC[C@@H]2CN(Cc2ccc(F)cc2)C3)c1C. The minimum Gasteiger partial charge on any atom is -0.297 e. The predicted molar refractivity (Wildman–Crippen MR) is 106 cm³/mol. The summed E-state index contributed by atoms with van der Waals surface area (Å²) < 4.78 is 15.3. The van der Waals surface area contributed by atoms with Gasteiger partial charge < -0.3 is 0 Å². The molecule has 5 heteroatoms. The molecule has 27 heavy (non-hydrogen) atoms. The fourth-order valence-corrected chi connectivity index (χ4v) is 4.92. The second-order valence-electron chi connectivity index (χ2n) is 8.31. The maximum atomic E-state index is 13.2. The highest BCUT2D eigenvalue weighted by molar-refractivity contribution is 5.25. The smallest absolute Gasteiger partial charge is 0.123 e. The van der Waals surface area contributed by atoms with Crippen molar-refractivity contribution in [2.24, 2.45) is 5.92 Å². The first kappa shape index (κ1) is 18.6. The zero-order valence-corrected chi connectivity index (χ0v) is 16.8. The molecular formula is C22H31FN4. The van der Waals surface area contributed by atoms with E-state index < -0.39 is 0 Å². The first-order valence-electron chi connectivity index (χ1n) is 10.3. The molecule has 3 saturated heterocycles. The van der Waals surface area contributed by atoms with Crippen LogP contribution in [0.3, 0.4) is 0 Å². The van der Waals surface area contributed by atoms with Gasteiger partial charge in [-0.15, -0.1) is 0 Å². The van der Waals surface area contributed by atoms with Crippen LogP contribution in [0.15, 0.2) is 24.3 Å². The Bertz CT molecular complexity index is 782. The lowest BCUT2D eigenvalue weighted by molar-refractivity contribution is 0.122. The lowest BCUT2D eigenvalue weighted by Crippen LogP contribution is -2.43. The van der Waals surface area contributed by atoms with Gasteiger partial charge in [-0.3, -0.25) is 14.5 Å². The zero-order chi connectivity index (χ0) is 19.0. The molecule has 2 bridgehead atoms. The monoisotopic (exact) mass is 370 g/mol. The largest absolute Gasteiger partial charge is 0.297 e. The van der Waals surface area contributed by atoms with Crippen molar-refractivity contribution in [1.82, 2.24) is 19.6 Å². The van der Waals surface area contributed by atoms with Gasteiger partial charge in [0.15, 0.2) is 0 Å². The molecule has 3 aliphatic rings. The van der Waals surface area contributed by atoms with Crippen molar-refractivity contribution in [2.75, 3.05) is 19.6 Å². The third kappa shape index (κ3) is 3.94. The molecule has 0 aliphatic carbocycles. The van der Waals surface area contributed by atoms with Crippen LogP contribution in [-0.2, 0) is 19.6 Å². The molecule has 0 amide bonds. The Morgan fingerprint density at radius 3 is 2.52 bits per heavy atom. The predicted octanol–water partition coefficient (Wildman–Crippen LogP) is 3.76. The Morgan fingerprint density at radius 1 is 1.04 bits per heavy atom. The summed E-state index contributed by atoms with van der Waals surface area (Å²) in [5.74, 6) is 0.574. The summed E-state index contributed by atoms with van der Waals surface area (Å²) in [6.45, 7) is 12.8. The van der Waals surface area contributed by atoms with E-state index in [1.165, 1.54) is 41.9 Å². The van der Waals surface area contributed by atoms with Crippen LogP contribution in [0.25, 0.3) is 0 Å². The van der Waals surface area contributed by atoms with E-state index in [0.717, 1.165) is 38.6 Å². The summed E-state index contributed by atoms with van der Waals surface area (Å²) >= 11 is 0. The fraction of sp³-hybridized carbons (Fsp3) is 0.591. The molecule has 0 spiro atoms. The molecule has 2 atom stereocenters. The first-order chi connectivity index (χ1) is 13.0. The molecule has 4 nitrogen and oxygen atoms in total. The molecule has 3 fully saturated rings. The zero-order valence-electron chi connectivity index (χ0n) is 16.8. The number of aromatic nitrogens is 2. The van der Waals surface area contributed by atoms with Crippen LogP contribution >= 0.6 is 0 Å². The highest BCUT2D eigenvalue weighted by Gasteiger charge is 2.35. The Morgan fingerprint density at radius 2 is 1.81 bits per heavy atom. The van der Waals surface area contributed by atoms with Crippen LogP contribution in [-0.4, -0.2) is 45.3 Å². The quantitative estimate of drug-likeness (QED) is 0.801. The summed E-state index contributed by atoms with van der Waals surface area (Å²) in [7, 11) is 0. The van der Waals surface area contributed by atoms with Gasteiger partial charge in [0.25, 0.3) is 0 Å². The lowest BCUT2D eigenvalue weighted by atomic mass is 9.94. The van der Waals surface area contributed by atoms with Gasteiger partial charge in [0, 0.05) is 56.6 Å². The van der Waals surface area contributed by atoms with E-state index in [-0.39, 0.29) is 5.82 Å².